The van der Waals surface area contributed by atoms with Gasteiger partial charge in [-0.2, -0.15) is 5.10 Å². The van der Waals surface area contributed by atoms with Crippen molar-refractivity contribution in [2.24, 2.45) is 5.92 Å². The highest BCUT2D eigenvalue weighted by molar-refractivity contribution is 5.89. The maximum Gasteiger partial charge on any atom is 0.257 e. The van der Waals surface area contributed by atoms with Gasteiger partial charge >= 0.3 is 0 Å². The number of hydrogen-bond acceptors (Lipinski definition) is 3. The number of carbonyl (C=O) groups excluding carboxylic acids is 1. The molecule has 5 nitrogen and oxygen atoms in total. The molecule has 0 spiro atoms. The number of halogens is 2. The van der Waals surface area contributed by atoms with Crippen LogP contribution < -0.4 is 10.6 Å². The zero-order valence-corrected chi connectivity index (χ0v) is 11.3. The van der Waals surface area contributed by atoms with E-state index < -0.39 is 13.0 Å². The number of hydrogen-bond donors (Lipinski definition) is 2. The fourth-order valence-electron chi connectivity index (χ4n) is 2.38. The molecule has 2 N–H and O–H groups in total. The van der Waals surface area contributed by atoms with Crippen LogP contribution in [0.3, 0.4) is 0 Å². The van der Waals surface area contributed by atoms with E-state index in [1.54, 1.807) is 0 Å². The molecule has 1 fully saturated rings. The Bertz CT molecular complexity index is 430. The first-order valence-corrected chi connectivity index (χ1v) is 6.95. The van der Waals surface area contributed by atoms with E-state index in [1.165, 1.54) is 12.3 Å². The van der Waals surface area contributed by atoms with Crippen LogP contribution in [0.15, 0.2) is 12.3 Å². The van der Waals surface area contributed by atoms with Gasteiger partial charge in [-0.3, -0.25) is 9.48 Å². The molecule has 1 aliphatic heterocycles. The Morgan fingerprint density at radius 1 is 1.50 bits per heavy atom. The number of anilines is 1. The molecule has 0 aromatic carbocycles. The molecule has 0 unspecified atom stereocenters. The summed E-state index contributed by atoms with van der Waals surface area (Å²) < 4.78 is 25.5. The van der Waals surface area contributed by atoms with Crippen molar-refractivity contribution in [3.63, 3.8) is 0 Å². The standard InChI is InChI=1S/C13H20F2N4O/c14-11(15)9-19-8-5-12(18-19)17-13(20)2-1-10-3-6-16-7-4-10/h5,8,10-11,16H,1-4,6-7,9H2,(H,17,18,20). The van der Waals surface area contributed by atoms with E-state index in [4.69, 9.17) is 0 Å². The van der Waals surface area contributed by atoms with Crippen molar-refractivity contribution in [3.05, 3.63) is 12.3 Å². The number of alkyl halides is 2. The molecule has 0 aliphatic carbocycles. The molecule has 112 valence electrons. The van der Waals surface area contributed by atoms with E-state index in [2.05, 4.69) is 15.7 Å². The van der Waals surface area contributed by atoms with Gasteiger partial charge in [0.05, 0.1) is 0 Å². The van der Waals surface area contributed by atoms with Gasteiger partial charge in [0, 0.05) is 18.7 Å². The summed E-state index contributed by atoms with van der Waals surface area (Å²) in [5.74, 6) is 0.824. The van der Waals surface area contributed by atoms with Crippen LogP contribution in [0.2, 0.25) is 0 Å². The monoisotopic (exact) mass is 286 g/mol. The Labute approximate surface area is 116 Å². The lowest BCUT2D eigenvalue weighted by Gasteiger charge is -2.21. The van der Waals surface area contributed by atoms with E-state index in [0.717, 1.165) is 37.0 Å². The number of carbonyl (C=O) groups is 1. The summed E-state index contributed by atoms with van der Waals surface area (Å²) in [4.78, 5) is 11.8. The van der Waals surface area contributed by atoms with Gasteiger partial charge in [-0.05, 0) is 38.3 Å². The van der Waals surface area contributed by atoms with Crippen LogP contribution in [-0.4, -0.2) is 35.2 Å². The minimum Gasteiger partial charge on any atom is -0.317 e. The molecule has 1 aliphatic rings. The molecule has 0 saturated carbocycles. The van der Waals surface area contributed by atoms with Crippen molar-refractivity contribution < 1.29 is 13.6 Å². The largest absolute Gasteiger partial charge is 0.317 e. The first-order valence-electron chi connectivity index (χ1n) is 6.95. The van der Waals surface area contributed by atoms with Crippen molar-refractivity contribution in [2.45, 2.75) is 38.7 Å². The van der Waals surface area contributed by atoms with Crippen LogP contribution in [0.1, 0.15) is 25.7 Å². The van der Waals surface area contributed by atoms with Gasteiger partial charge in [0.15, 0.2) is 5.82 Å². The molecule has 7 heteroatoms. The predicted octanol–water partition coefficient (Wildman–Crippen LogP) is 1.87. The molecular weight excluding hydrogens is 266 g/mol. The van der Waals surface area contributed by atoms with Gasteiger partial charge in [0.1, 0.15) is 6.54 Å². The SMILES string of the molecule is O=C(CCC1CCNCC1)Nc1ccn(CC(F)F)n1. The van der Waals surface area contributed by atoms with Gasteiger partial charge in [0.25, 0.3) is 6.43 Å². The van der Waals surface area contributed by atoms with E-state index >= 15 is 0 Å². The number of nitrogens with one attached hydrogen (secondary N) is 2. The molecule has 0 radical (unpaired) electrons. The van der Waals surface area contributed by atoms with Gasteiger partial charge < -0.3 is 10.6 Å². The van der Waals surface area contributed by atoms with E-state index in [1.807, 2.05) is 0 Å². The summed E-state index contributed by atoms with van der Waals surface area (Å²) in [5.41, 5.74) is 0. The number of amides is 1. The van der Waals surface area contributed by atoms with Gasteiger partial charge in [-0.15, -0.1) is 0 Å². The number of piperidine rings is 1. The fourth-order valence-corrected chi connectivity index (χ4v) is 2.38. The van der Waals surface area contributed by atoms with Gasteiger partial charge in [0.2, 0.25) is 5.91 Å². The molecule has 1 aromatic rings. The maximum atomic E-state index is 12.2. The second-order valence-corrected chi connectivity index (χ2v) is 5.09. The van der Waals surface area contributed by atoms with Crippen molar-refractivity contribution >= 4 is 11.7 Å². The lowest BCUT2D eigenvalue weighted by Crippen LogP contribution is -2.28. The second-order valence-electron chi connectivity index (χ2n) is 5.09. The summed E-state index contributed by atoms with van der Waals surface area (Å²) in [6, 6.07) is 1.53. The van der Waals surface area contributed by atoms with Crippen LogP contribution in [0.5, 0.6) is 0 Å². The third kappa shape index (κ3) is 4.88. The summed E-state index contributed by atoms with van der Waals surface area (Å²) in [6.45, 7) is 1.58. The van der Waals surface area contributed by atoms with Crippen molar-refractivity contribution in [2.75, 3.05) is 18.4 Å². The minimum atomic E-state index is -2.45. The summed E-state index contributed by atoms with van der Waals surface area (Å²) in [5, 5.41) is 9.81. The van der Waals surface area contributed by atoms with Crippen molar-refractivity contribution in [1.82, 2.24) is 15.1 Å². The normalized spacial score (nSPS) is 16.6. The zero-order valence-electron chi connectivity index (χ0n) is 11.3. The smallest absolute Gasteiger partial charge is 0.257 e. The minimum absolute atomic E-state index is 0.106. The predicted molar refractivity (Wildman–Crippen MR) is 71.7 cm³/mol. The van der Waals surface area contributed by atoms with Crippen LogP contribution in [0.4, 0.5) is 14.6 Å². The van der Waals surface area contributed by atoms with Crippen LogP contribution in [0, 0.1) is 5.92 Å². The first-order chi connectivity index (χ1) is 9.63. The molecule has 2 heterocycles. The molecule has 1 amide bonds. The van der Waals surface area contributed by atoms with Gasteiger partial charge in [-0.25, -0.2) is 8.78 Å². The molecule has 1 aromatic heterocycles. The average Bonchev–Trinajstić information content (AvgIpc) is 2.84. The Hall–Kier alpha value is -1.50. The summed E-state index contributed by atoms with van der Waals surface area (Å²) in [7, 11) is 0. The topological polar surface area (TPSA) is 59.0 Å². The molecule has 0 atom stereocenters. The molecular formula is C13H20F2N4O. The third-order valence-corrected chi connectivity index (χ3v) is 3.47. The highest BCUT2D eigenvalue weighted by atomic mass is 19.3. The van der Waals surface area contributed by atoms with E-state index in [0.29, 0.717) is 18.2 Å². The molecule has 20 heavy (non-hydrogen) atoms. The highest BCUT2D eigenvalue weighted by Gasteiger charge is 2.15. The van der Waals surface area contributed by atoms with E-state index in [-0.39, 0.29) is 5.91 Å². The number of nitrogens with zero attached hydrogens (tertiary/aromatic N) is 2. The summed E-state index contributed by atoms with van der Waals surface area (Å²) >= 11 is 0. The quantitative estimate of drug-likeness (QED) is 0.839. The molecule has 2 rings (SSSR count). The maximum absolute atomic E-state index is 12.2. The highest BCUT2D eigenvalue weighted by Crippen LogP contribution is 2.18. The Morgan fingerprint density at radius 2 is 2.25 bits per heavy atom. The average molecular weight is 286 g/mol. The van der Waals surface area contributed by atoms with E-state index in [9.17, 15) is 13.6 Å². The van der Waals surface area contributed by atoms with Crippen molar-refractivity contribution in [1.29, 1.82) is 0 Å². The van der Waals surface area contributed by atoms with Crippen LogP contribution >= 0.6 is 0 Å². The first kappa shape index (κ1) is 14.9. The lowest BCUT2D eigenvalue weighted by atomic mass is 9.93. The van der Waals surface area contributed by atoms with Gasteiger partial charge in [-0.1, -0.05) is 0 Å². The second kappa shape index (κ2) is 7.33. The Kier molecular flexibility index (Phi) is 5.46. The van der Waals surface area contributed by atoms with Crippen LogP contribution in [0.25, 0.3) is 0 Å². The number of aromatic nitrogens is 2. The molecule has 1 saturated heterocycles. The van der Waals surface area contributed by atoms with Crippen LogP contribution in [-0.2, 0) is 11.3 Å². The lowest BCUT2D eigenvalue weighted by molar-refractivity contribution is -0.116. The summed E-state index contributed by atoms with van der Waals surface area (Å²) in [6.07, 6.45) is 2.53. The zero-order chi connectivity index (χ0) is 14.4. The fraction of sp³-hybridized carbons (Fsp3) is 0.692. The third-order valence-electron chi connectivity index (χ3n) is 3.47. The molecule has 0 bridgehead atoms. The Morgan fingerprint density at radius 3 is 2.95 bits per heavy atom. The van der Waals surface area contributed by atoms with Crippen molar-refractivity contribution in [3.8, 4) is 0 Å². The number of rotatable bonds is 6. The Balaban J connectivity index is 1.72.